The number of carbonyl (C=O) groups excluding carboxylic acids is 5. The maximum Gasteiger partial charge on any atom is 0.315 e. The van der Waals surface area contributed by atoms with Crippen molar-refractivity contribution < 1.29 is 32.4 Å². The first kappa shape index (κ1) is 34.8. The van der Waals surface area contributed by atoms with Crippen LogP contribution < -0.4 is 21.3 Å². The molecule has 13 heteroatoms. The Morgan fingerprint density at radius 1 is 0.953 bits per heavy atom. The Labute approximate surface area is 256 Å². The Morgan fingerprint density at radius 2 is 1.58 bits per heavy atom. The van der Waals surface area contributed by atoms with Crippen LogP contribution in [-0.2, 0) is 29.0 Å². The summed E-state index contributed by atoms with van der Waals surface area (Å²) in [6.45, 7) is 5.87. The fraction of sp³-hybridized carbons (Fsp3) is 0.833. The number of rotatable bonds is 15. The SMILES string of the molecule is CCCC(C)(CCC)[C@H](NC(=O)NC1(CS(C)(=O)=O)CCCCC1)C(=O)N1CCC[C@H]1C(=O)NCC(=O)C(=O)NC1CC1. The molecule has 4 N–H and O–H groups in total. The maximum absolute atomic E-state index is 14.2. The lowest BCUT2D eigenvalue weighted by molar-refractivity contribution is -0.143. The molecule has 1 saturated heterocycles. The van der Waals surface area contributed by atoms with Crippen molar-refractivity contribution in [3.63, 3.8) is 0 Å². The minimum absolute atomic E-state index is 0.0247. The first-order valence-corrected chi connectivity index (χ1v) is 18.0. The average molecular weight is 626 g/mol. The second-order valence-corrected chi connectivity index (χ2v) is 15.3. The van der Waals surface area contributed by atoms with E-state index in [0.717, 1.165) is 44.9 Å². The number of hydrogen-bond acceptors (Lipinski definition) is 7. The molecule has 0 aromatic carbocycles. The van der Waals surface area contributed by atoms with E-state index >= 15 is 0 Å². The number of ketones is 1. The van der Waals surface area contributed by atoms with Crippen LogP contribution in [-0.4, -0.2) is 91.6 Å². The summed E-state index contributed by atoms with van der Waals surface area (Å²) in [5.41, 5.74) is -1.52. The van der Waals surface area contributed by atoms with Gasteiger partial charge in [0.1, 0.15) is 21.9 Å². The molecular weight excluding hydrogens is 574 g/mol. The number of sulfone groups is 1. The Hall–Kier alpha value is -2.70. The van der Waals surface area contributed by atoms with Crippen LogP contribution in [0.2, 0.25) is 0 Å². The molecule has 0 spiro atoms. The van der Waals surface area contributed by atoms with Crippen molar-refractivity contribution in [3.8, 4) is 0 Å². The van der Waals surface area contributed by atoms with E-state index in [1.165, 1.54) is 11.2 Å². The number of amides is 5. The van der Waals surface area contributed by atoms with Gasteiger partial charge in [-0.1, -0.05) is 52.9 Å². The second kappa shape index (κ2) is 14.9. The topological polar surface area (TPSA) is 171 Å². The summed E-state index contributed by atoms with van der Waals surface area (Å²) in [6, 6.07) is -2.35. The van der Waals surface area contributed by atoms with Crippen LogP contribution in [0.3, 0.4) is 0 Å². The van der Waals surface area contributed by atoms with Gasteiger partial charge in [0.15, 0.2) is 0 Å². The Kier molecular flexibility index (Phi) is 12.0. The largest absolute Gasteiger partial charge is 0.347 e. The normalized spacial score (nSPS) is 21.0. The third kappa shape index (κ3) is 9.90. The van der Waals surface area contributed by atoms with Crippen LogP contribution in [0.15, 0.2) is 0 Å². The van der Waals surface area contributed by atoms with Gasteiger partial charge >= 0.3 is 6.03 Å². The quantitative estimate of drug-likeness (QED) is 0.202. The van der Waals surface area contributed by atoms with Gasteiger partial charge in [0.25, 0.3) is 5.91 Å². The first-order valence-electron chi connectivity index (χ1n) is 15.9. The van der Waals surface area contributed by atoms with Gasteiger partial charge in [-0.2, -0.15) is 0 Å². The van der Waals surface area contributed by atoms with Crippen molar-refractivity contribution >= 4 is 39.4 Å². The summed E-state index contributed by atoms with van der Waals surface area (Å²) in [5, 5.41) is 11.0. The lowest BCUT2D eigenvalue weighted by atomic mass is 9.74. The first-order chi connectivity index (χ1) is 20.2. The highest BCUT2D eigenvalue weighted by molar-refractivity contribution is 7.90. The Morgan fingerprint density at radius 3 is 2.14 bits per heavy atom. The van der Waals surface area contributed by atoms with E-state index in [0.29, 0.717) is 45.1 Å². The molecule has 12 nitrogen and oxygen atoms in total. The predicted octanol–water partition coefficient (Wildman–Crippen LogP) is 1.96. The van der Waals surface area contributed by atoms with E-state index in [1.807, 2.05) is 20.8 Å². The minimum atomic E-state index is -3.38. The third-order valence-corrected chi connectivity index (χ3v) is 10.1. The van der Waals surface area contributed by atoms with Crippen LogP contribution in [0.1, 0.15) is 104 Å². The van der Waals surface area contributed by atoms with Gasteiger partial charge in [-0.15, -0.1) is 0 Å². The molecule has 2 atom stereocenters. The summed E-state index contributed by atoms with van der Waals surface area (Å²) < 4.78 is 24.6. The van der Waals surface area contributed by atoms with E-state index in [2.05, 4.69) is 21.3 Å². The molecule has 1 heterocycles. The standard InChI is InChI=1S/C30H51N5O7S/c1-5-14-29(3,15-6-2)24(33-28(40)34-30(20-43(4,41)42)16-8-7-9-17-30)27(39)35-18-10-11-22(35)25(37)31-19-23(36)26(38)32-21-12-13-21/h21-22,24H,5-20H2,1-4H3,(H,31,37)(H,32,38)(H2,33,34,40)/t22-,24+/m0/s1. The Bertz CT molecular complexity index is 1140. The van der Waals surface area contributed by atoms with Crippen molar-refractivity contribution in [2.75, 3.05) is 25.1 Å². The van der Waals surface area contributed by atoms with Crippen LogP contribution in [0.25, 0.3) is 0 Å². The number of nitrogens with one attached hydrogen (secondary N) is 4. The van der Waals surface area contributed by atoms with Crippen LogP contribution in [0.4, 0.5) is 4.79 Å². The second-order valence-electron chi connectivity index (χ2n) is 13.2. The predicted molar refractivity (Wildman–Crippen MR) is 163 cm³/mol. The lowest BCUT2D eigenvalue weighted by Crippen LogP contribution is -2.63. The molecule has 2 saturated carbocycles. The highest BCUT2D eigenvalue weighted by Gasteiger charge is 2.46. The fourth-order valence-corrected chi connectivity index (χ4v) is 8.23. The average Bonchev–Trinajstić information content (AvgIpc) is 3.60. The highest BCUT2D eigenvalue weighted by atomic mass is 32.2. The van der Waals surface area contributed by atoms with Crippen LogP contribution >= 0.6 is 0 Å². The third-order valence-electron chi connectivity index (χ3n) is 9.02. The molecule has 1 aliphatic heterocycles. The van der Waals surface area contributed by atoms with Gasteiger partial charge in [-0.3, -0.25) is 19.2 Å². The molecule has 244 valence electrons. The Balaban J connectivity index is 1.78. The molecule has 0 aromatic rings. The maximum atomic E-state index is 14.2. The van der Waals surface area contributed by atoms with E-state index in [1.54, 1.807) is 0 Å². The monoisotopic (exact) mass is 625 g/mol. The smallest absolute Gasteiger partial charge is 0.315 e. The number of urea groups is 1. The van der Waals surface area contributed by atoms with Crippen molar-refractivity contribution in [1.29, 1.82) is 0 Å². The zero-order valence-electron chi connectivity index (χ0n) is 26.3. The molecular formula is C30H51N5O7S. The number of hydrogen-bond donors (Lipinski definition) is 4. The van der Waals surface area contributed by atoms with Crippen LogP contribution in [0.5, 0.6) is 0 Å². The van der Waals surface area contributed by atoms with Gasteiger partial charge in [-0.25, -0.2) is 13.2 Å². The summed E-state index contributed by atoms with van der Waals surface area (Å²) in [6.07, 6.45) is 10.3. The molecule has 3 aliphatic rings. The lowest BCUT2D eigenvalue weighted by Gasteiger charge is -2.42. The molecule has 2 aliphatic carbocycles. The summed E-state index contributed by atoms with van der Waals surface area (Å²) in [4.78, 5) is 66.7. The summed E-state index contributed by atoms with van der Waals surface area (Å²) in [7, 11) is -3.38. The zero-order chi connectivity index (χ0) is 31.8. The molecule has 3 fully saturated rings. The van der Waals surface area contributed by atoms with Gasteiger partial charge in [-0.05, 0) is 56.8 Å². The van der Waals surface area contributed by atoms with Gasteiger partial charge < -0.3 is 26.2 Å². The van der Waals surface area contributed by atoms with Gasteiger partial charge in [0.2, 0.25) is 17.6 Å². The van der Waals surface area contributed by atoms with E-state index < -0.39 is 63.0 Å². The molecule has 0 unspecified atom stereocenters. The molecule has 0 aromatic heterocycles. The minimum Gasteiger partial charge on any atom is -0.347 e. The number of Topliss-reactive ketones (excluding diaryl/α,β-unsaturated/α-hetero) is 1. The van der Waals surface area contributed by atoms with Crippen LogP contribution in [0, 0.1) is 5.41 Å². The molecule has 5 amide bonds. The van der Waals surface area contributed by atoms with Crippen molar-refractivity contribution in [3.05, 3.63) is 0 Å². The number of nitrogens with zero attached hydrogens (tertiary/aromatic N) is 1. The van der Waals surface area contributed by atoms with E-state index in [9.17, 15) is 32.4 Å². The fourth-order valence-electron chi connectivity index (χ4n) is 6.86. The highest BCUT2D eigenvalue weighted by Crippen LogP contribution is 2.36. The summed E-state index contributed by atoms with van der Waals surface area (Å²) in [5.74, 6) is -2.52. The van der Waals surface area contributed by atoms with Crippen molar-refractivity contribution in [1.82, 2.24) is 26.2 Å². The summed E-state index contributed by atoms with van der Waals surface area (Å²) >= 11 is 0. The molecule has 43 heavy (non-hydrogen) atoms. The molecule has 0 bridgehead atoms. The number of carbonyl (C=O) groups is 5. The van der Waals surface area contributed by atoms with Crippen molar-refractivity contribution in [2.45, 2.75) is 128 Å². The van der Waals surface area contributed by atoms with Gasteiger partial charge in [0.05, 0.1) is 17.8 Å². The van der Waals surface area contributed by atoms with E-state index in [-0.39, 0.29) is 17.7 Å². The van der Waals surface area contributed by atoms with Gasteiger partial charge in [0, 0.05) is 18.8 Å². The zero-order valence-corrected chi connectivity index (χ0v) is 27.1. The number of likely N-dealkylation sites (tertiary alicyclic amines) is 1. The molecule has 0 radical (unpaired) electrons. The van der Waals surface area contributed by atoms with Crippen molar-refractivity contribution in [2.24, 2.45) is 5.41 Å². The van der Waals surface area contributed by atoms with E-state index in [4.69, 9.17) is 0 Å². The molecule has 3 rings (SSSR count).